The van der Waals surface area contributed by atoms with Gasteiger partial charge in [-0.1, -0.05) is 54.1 Å². The van der Waals surface area contributed by atoms with Gasteiger partial charge in [-0.05, 0) is 25.5 Å². The summed E-state index contributed by atoms with van der Waals surface area (Å²) in [6.07, 6.45) is 3.89. The van der Waals surface area contributed by atoms with Crippen LogP contribution in [0.1, 0.15) is 28.4 Å². The molecule has 3 atom stereocenters. The summed E-state index contributed by atoms with van der Waals surface area (Å²) in [5.74, 6) is 0.143. The molecule has 180 valence electrons. The predicted octanol–water partition coefficient (Wildman–Crippen LogP) is 3.78. The quantitative estimate of drug-likeness (QED) is 0.483. The average Bonchev–Trinajstić information content (AvgIpc) is 3.35. The molecule has 3 unspecified atom stereocenters. The van der Waals surface area contributed by atoms with Crippen LogP contribution in [-0.2, 0) is 14.2 Å². The average molecular weight is 474 g/mol. The SMILES string of the molecule is Cc1ccccc1.O=C(Nc1ncnc2c1ncn2C1COC2COCOC2C1)c1ccccc1. The summed E-state index contributed by atoms with van der Waals surface area (Å²) < 4.78 is 18.8. The van der Waals surface area contributed by atoms with E-state index in [9.17, 15) is 4.79 Å². The summed E-state index contributed by atoms with van der Waals surface area (Å²) in [6.45, 7) is 3.45. The van der Waals surface area contributed by atoms with Crippen LogP contribution < -0.4 is 5.32 Å². The van der Waals surface area contributed by atoms with Crippen molar-refractivity contribution < 1.29 is 19.0 Å². The van der Waals surface area contributed by atoms with Crippen molar-refractivity contribution in [3.05, 3.63) is 84.4 Å². The Kier molecular flexibility index (Phi) is 7.08. The largest absolute Gasteiger partial charge is 0.371 e. The Bertz CT molecular complexity index is 1260. The van der Waals surface area contributed by atoms with E-state index in [1.54, 1.807) is 18.5 Å². The number of nitrogens with zero attached hydrogens (tertiary/aromatic N) is 4. The molecule has 1 N–H and O–H groups in total. The zero-order chi connectivity index (χ0) is 24.0. The summed E-state index contributed by atoms with van der Waals surface area (Å²) in [6, 6.07) is 19.3. The van der Waals surface area contributed by atoms with Gasteiger partial charge in [-0.3, -0.25) is 4.79 Å². The van der Waals surface area contributed by atoms with E-state index in [1.807, 2.05) is 41.0 Å². The van der Waals surface area contributed by atoms with Crippen LogP contribution in [0.2, 0.25) is 0 Å². The molecule has 35 heavy (non-hydrogen) atoms. The van der Waals surface area contributed by atoms with Crippen molar-refractivity contribution in [3.8, 4) is 0 Å². The number of aryl methyl sites for hydroxylation is 1. The molecule has 9 nitrogen and oxygen atoms in total. The summed E-state index contributed by atoms with van der Waals surface area (Å²) in [4.78, 5) is 25.5. The lowest BCUT2D eigenvalue weighted by Gasteiger charge is -2.39. The highest BCUT2D eigenvalue weighted by molar-refractivity contribution is 6.06. The third-order valence-electron chi connectivity index (χ3n) is 6.03. The number of benzene rings is 2. The second-order valence-corrected chi connectivity index (χ2v) is 8.48. The minimum Gasteiger partial charge on any atom is -0.371 e. The number of rotatable bonds is 3. The summed E-state index contributed by atoms with van der Waals surface area (Å²) >= 11 is 0. The molecule has 0 radical (unpaired) electrons. The number of hydrogen-bond donors (Lipinski definition) is 1. The molecule has 2 aliphatic heterocycles. The number of anilines is 1. The topological polar surface area (TPSA) is 100 Å². The van der Waals surface area contributed by atoms with Gasteiger partial charge >= 0.3 is 0 Å². The zero-order valence-corrected chi connectivity index (χ0v) is 19.4. The number of ether oxygens (including phenoxy) is 3. The fraction of sp³-hybridized carbons (Fsp3) is 0.308. The maximum absolute atomic E-state index is 12.5. The fourth-order valence-electron chi connectivity index (χ4n) is 4.17. The Balaban J connectivity index is 0.000000313. The molecule has 9 heteroatoms. The number of hydrogen-bond acceptors (Lipinski definition) is 7. The van der Waals surface area contributed by atoms with Crippen molar-refractivity contribution in [1.29, 1.82) is 0 Å². The van der Waals surface area contributed by atoms with Crippen molar-refractivity contribution >= 4 is 22.9 Å². The molecular weight excluding hydrogens is 446 g/mol. The van der Waals surface area contributed by atoms with Crippen LogP contribution in [-0.4, -0.2) is 57.6 Å². The Labute approximate surface area is 203 Å². The van der Waals surface area contributed by atoms with Crippen LogP contribution in [0.4, 0.5) is 5.82 Å². The third kappa shape index (κ3) is 5.37. The van der Waals surface area contributed by atoms with Gasteiger partial charge in [0, 0.05) is 5.56 Å². The maximum Gasteiger partial charge on any atom is 0.256 e. The number of amides is 1. The lowest BCUT2D eigenvalue weighted by molar-refractivity contribution is -0.231. The molecule has 2 saturated heterocycles. The van der Waals surface area contributed by atoms with Gasteiger partial charge in [-0.15, -0.1) is 0 Å². The zero-order valence-electron chi connectivity index (χ0n) is 19.4. The first kappa shape index (κ1) is 23.1. The van der Waals surface area contributed by atoms with Crippen LogP contribution in [0.15, 0.2) is 73.3 Å². The number of fused-ring (bicyclic) bond motifs is 2. The van der Waals surface area contributed by atoms with Crippen LogP contribution in [0.25, 0.3) is 11.2 Å². The number of carbonyl (C=O) groups is 1. The molecule has 4 aromatic rings. The molecule has 6 rings (SSSR count). The first-order chi connectivity index (χ1) is 17.2. The molecule has 0 bridgehead atoms. The standard InChI is InChI=1S/C19H19N5O4.C7H8/c25-19(12-4-2-1-3-5-12)23-17-16-18(21-9-20-17)24(10-22-16)13-6-14-15(27-7-13)8-26-11-28-14;1-7-5-3-2-4-6-7/h1-5,9-10,13-15H,6-8,11H2,(H,20,21,23,25);2-6H,1H3. The van der Waals surface area contributed by atoms with Gasteiger partial charge in [0.2, 0.25) is 0 Å². The van der Waals surface area contributed by atoms with Gasteiger partial charge in [0.1, 0.15) is 19.2 Å². The summed E-state index contributed by atoms with van der Waals surface area (Å²) in [5, 5.41) is 2.82. The predicted molar refractivity (Wildman–Crippen MR) is 130 cm³/mol. The smallest absolute Gasteiger partial charge is 0.256 e. The Morgan fingerprint density at radius 3 is 2.46 bits per heavy atom. The Hall–Kier alpha value is -3.66. The summed E-state index contributed by atoms with van der Waals surface area (Å²) in [5.41, 5.74) is 3.07. The number of nitrogens with one attached hydrogen (secondary N) is 1. The Morgan fingerprint density at radius 2 is 1.71 bits per heavy atom. The van der Waals surface area contributed by atoms with Crippen molar-refractivity contribution in [3.63, 3.8) is 0 Å². The molecule has 1 amide bonds. The normalized spacial score (nSPS) is 21.5. The van der Waals surface area contributed by atoms with Gasteiger partial charge in [0.05, 0.1) is 31.7 Å². The van der Waals surface area contributed by atoms with Gasteiger partial charge in [-0.2, -0.15) is 0 Å². The molecule has 0 spiro atoms. The fourth-order valence-corrected chi connectivity index (χ4v) is 4.17. The third-order valence-corrected chi connectivity index (χ3v) is 6.03. The van der Waals surface area contributed by atoms with Crippen molar-refractivity contribution in [1.82, 2.24) is 19.5 Å². The van der Waals surface area contributed by atoms with E-state index in [0.29, 0.717) is 42.6 Å². The van der Waals surface area contributed by atoms with Crippen LogP contribution in [0.5, 0.6) is 0 Å². The lowest BCUT2D eigenvalue weighted by atomic mass is 10.0. The molecule has 0 saturated carbocycles. The maximum atomic E-state index is 12.5. The molecule has 2 aromatic heterocycles. The minimum atomic E-state index is -0.241. The van der Waals surface area contributed by atoms with E-state index in [4.69, 9.17) is 14.2 Å². The molecule has 2 fully saturated rings. The highest BCUT2D eigenvalue weighted by Crippen LogP contribution is 2.31. The first-order valence-corrected chi connectivity index (χ1v) is 11.6. The highest BCUT2D eigenvalue weighted by Gasteiger charge is 2.36. The van der Waals surface area contributed by atoms with E-state index in [-0.39, 0.29) is 24.2 Å². The highest BCUT2D eigenvalue weighted by atomic mass is 16.7. The van der Waals surface area contributed by atoms with Crippen molar-refractivity contribution in [2.24, 2.45) is 0 Å². The minimum absolute atomic E-state index is 0.0101. The van der Waals surface area contributed by atoms with Gasteiger partial charge < -0.3 is 24.1 Å². The van der Waals surface area contributed by atoms with Gasteiger partial charge in [-0.25, -0.2) is 15.0 Å². The van der Waals surface area contributed by atoms with Crippen LogP contribution in [0.3, 0.4) is 0 Å². The first-order valence-electron chi connectivity index (χ1n) is 11.6. The lowest BCUT2D eigenvalue weighted by Crippen LogP contribution is -2.47. The number of carbonyl (C=O) groups excluding carboxylic acids is 1. The van der Waals surface area contributed by atoms with E-state index in [1.165, 1.54) is 11.9 Å². The van der Waals surface area contributed by atoms with Crippen LogP contribution in [0, 0.1) is 6.92 Å². The summed E-state index contributed by atoms with van der Waals surface area (Å²) in [7, 11) is 0. The molecule has 2 aromatic carbocycles. The van der Waals surface area contributed by atoms with Gasteiger partial charge in [0.25, 0.3) is 5.91 Å². The van der Waals surface area contributed by atoms with Crippen molar-refractivity contribution in [2.45, 2.75) is 31.6 Å². The molecular formula is C26H27N5O4. The molecule has 4 heterocycles. The monoisotopic (exact) mass is 473 g/mol. The second kappa shape index (κ2) is 10.7. The molecule has 2 aliphatic rings. The molecule has 0 aliphatic carbocycles. The van der Waals surface area contributed by atoms with E-state index in [0.717, 1.165) is 6.42 Å². The van der Waals surface area contributed by atoms with E-state index in [2.05, 4.69) is 39.3 Å². The number of aromatic nitrogens is 4. The van der Waals surface area contributed by atoms with E-state index < -0.39 is 0 Å². The van der Waals surface area contributed by atoms with E-state index >= 15 is 0 Å². The Morgan fingerprint density at radius 1 is 0.943 bits per heavy atom. The van der Waals surface area contributed by atoms with Gasteiger partial charge in [0.15, 0.2) is 17.0 Å². The van der Waals surface area contributed by atoms with Crippen molar-refractivity contribution in [2.75, 3.05) is 25.3 Å². The van der Waals surface area contributed by atoms with Crippen LogP contribution >= 0.6 is 0 Å². The number of imidazole rings is 1. The second-order valence-electron chi connectivity index (χ2n) is 8.48.